The number of nitrogens with zero attached hydrogens (tertiary/aromatic N) is 3. The summed E-state index contributed by atoms with van der Waals surface area (Å²) in [5.74, 6) is 7.91. The van der Waals surface area contributed by atoms with Crippen LogP contribution in [-0.4, -0.2) is 40.4 Å². The van der Waals surface area contributed by atoms with E-state index in [0.29, 0.717) is 24.0 Å². The highest BCUT2D eigenvalue weighted by Gasteiger charge is 2.46. The molecule has 0 N–H and O–H groups in total. The molecule has 0 bridgehead atoms. The first-order chi connectivity index (χ1) is 14.2. The third kappa shape index (κ3) is 4.03. The third-order valence-electron chi connectivity index (χ3n) is 6.02. The minimum absolute atomic E-state index is 0.232. The molecular formula is C23H25N3O3. The molecule has 0 unspecified atom stereocenters. The summed E-state index contributed by atoms with van der Waals surface area (Å²) in [6.07, 6.45) is 12.8. The molecule has 3 heterocycles. The number of rotatable bonds is 5. The monoisotopic (exact) mass is 391 g/mol. The summed E-state index contributed by atoms with van der Waals surface area (Å²) in [7, 11) is 0. The number of hydrogen-bond donors (Lipinski definition) is 0. The highest BCUT2D eigenvalue weighted by Crippen LogP contribution is 2.48. The smallest absolute Gasteiger partial charge is 0.177 e. The SMILES string of the molecule is C(#CC1CC1)c1cnc(-c2cnn(CC3OCC4(CC4)CO3)c2)c(OC2CC2)c1. The molecule has 3 saturated carbocycles. The number of hydrogen-bond acceptors (Lipinski definition) is 5. The van der Waals surface area contributed by atoms with Crippen LogP contribution < -0.4 is 4.74 Å². The zero-order valence-electron chi connectivity index (χ0n) is 16.5. The Hall–Kier alpha value is -2.36. The lowest BCUT2D eigenvalue weighted by Gasteiger charge is -2.29. The number of pyridine rings is 1. The average molecular weight is 391 g/mol. The zero-order valence-corrected chi connectivity index (χ0v) is 16.5. The summed E-state index contributed by atoms with van der Waals surface area (Å²) in [5, 5.41) is 4.50. The van der Waals surface area contributed by atoms with E-state index >= 15 is 0 Å². The predicted octanol–water partition coefficient (Wildman–Crippen LogP) is 3.40. The van der Waals surface area contributed by atoms with Crippen molar-refractivity contribution >= 4 is 0 Å². The van der Waals surface area contributed by atoms with Crippen LogP contribution in [0.5, 0.6) is 5.75 Å². The van der Waals surface area contributed by atoms with Crippen molar-refractivity contribution in [2.24, 2.45) is 11.3 Å². The van der Waals surface area contributed by atoms with Crippen molar-refractivity contribution in [2.45, 2.75) is 57.5 Å². The average Bonchev–Trinajstić information content (AvgIpc) is 3.62. The van der Waals surface area contributed by atoms with Crippen LogP contribution in [0, 0.1) is 23.2 Å². The van der Waals surface area contributed by atoms with E-state index in [1.54, 1.807) is 0 Å². The molecule has 0 atom stereocenters. The van der Waals surface area contributed by atoms with Gasteiger partial charge in [-0.3, -0.25) is 9.67 Å². The van der Waals surface area contributed by atoms with Crippen LogP contribution in [0.3, 0.4) is 0 Å². The van der Waals surface area contributed by atoms with E-state index in [-0.39, 0.29) is 6.29 Å². The highest BCUT2D eigenvalue weighted by atomic mass is 16.7. The molecule has 1 saturated heterocycles. The van der Waals surface area contributed by atoms with Crippen molar-refractivity contribution < 1.29 is 14.2 Å². The lowest BCUT2D eigenvalue weighted by Crippen LogP contribution is -2.35. The zero-order chi connectivity index (χ0) is 19.3. The Balaban J connectivity index is 1.19. The molecule has 6 nitrogen and oxygen atoms in total. The Morgan fingerprint density at radius 1 is 1.14 bits per heavy atom. The summed E-state index contributed by atoms with van der Waals surface area (Å²) in [6.45, 7) is 2.19. The summed E-state index contributed by atoms with van der Waals surface area (Å²) in [6, 6.07) is 2.02. The Bertz CT molecular complexity index is 967. The molecule has 3 aliphatic carbocycles. The molecule has 29 heavy (non-hydrogen) atoms. The molecule has 2 aromatic heterocycles. The third-order valence-corrected chi connectivity index (χ3v) is 6.02. The van der Waals surface area contributed by atoms with Gasteiger partial charge in [-0.25, -0.2) is 0 Å². The molecule has 0 amide bonds. The second-order valence-corrected chi connectivity index (χ2v) is 8.93. The van der Waals surface area contributed by atoms with Crippen molar-refractivity contribution in [1.29, 1.82) is 0 Å². The van der Waals surface area contributed by atoms with Crippen LogP contribution in [0.4, 0.5) is 0 Å². The van der Waals surface area contributed by atoms with Crippen molar-refractivity contribution in [3.05, 3.63) is 30.2 Å². The van der Waals surface area contributed by atoms with E-state index in [2.05, 4.69) is 21.9 Å². The van der Waals surface area contributed by atoms with Gasteiger partial charge >= 0.3 is 0 Å². The van der Waals surface area contributed by atoms with Crippen molar-refractivity contribution in [3.63, 3.8) is 0 Å². The molecule has 0 radical (unpaired) electrons. The van der Waals surface area contributed by atoms with Gasteiger partial charge in [0.25, 0.3) is 0 Å². The molecule has 6 heteroatoms. The van der Waals surface area contributed by atoms with Crippen molar-refractivity contribution in [2.75, 3.05) is 13.2 Å². The molecule has 4 aliphatic rings. The molecular weight excluding hydrogens is 366 g/mol. The molecule has 1 aliphatic heterocycles. The molecule has 4 fully saturated rings. The van der Waals surface area contributed by atoms with Gasteiger partial charge in [0.2, 0.25) is 0 Å². The molecule has 2 aromatic rings. The van der Waals surface area contributed by atoms with Crippen LogP contribution >= 0.6 is 0 Å². The molecule has 150 valence electrons. The largest absolute Gasteiger partial charge is 0.488 e. The van der Waals surface area contributed by atoms with Crippen molar-refractivity contribution in [1.82, 2.24) is 14.8 Å². The number of aromatic nitrogens is 3. The van der Waals surface area contributed by atoms with Gasteiger partial charge in [0.1, 0.15) is 11.4 Å². The minimum atomic E-state index is -0.232. The predicted molar refractivity (Wildman–Crippen MR) is 106 cm³/mol. The Labute approximate surface area is 170 Å². The van der Waals surface area contributed by atoms with Gasteiger partial charge in [-0.1, -0.05) is 11.8 Å². The van der Waals surface area contributed by atoms with E-state index in [0.717, 1.165) is 48.6 Å². The summed E-state index contributed by atoms with van der Waals surface area (Å²) < 4.78 is 19.8. The van der Waals surface area contributed by atoms with Gasteiger partial charge in [-0.05, 0) is 44.6 Å². The van der Waals surface area contributed by atoms with Gasteiger partial charge < -0.3 is 14.2 Å². The van der Waals surface area contributed by atoms with Crippen LogP contribution in [0.15, 0.2) is 24.7 Å². The second-order valence-electron chi connectivity index (χ2n) is 8.93. The fourth-order valence-corrected chi connectivity index (χ4v) is 3.54. The van der Waals surface area contributed by atoms with Crippen LogP contribution in [0.25, 0.3) is 11.3 Å². The maximum absolute atomic E-state index is 6.15. The number of ether oxygens (including phenoxy) is 3. The first-order valence-electron chi connectivity index (χ1n) is 10.7. The molecule has 1 spiro atoms. The minimum Gasteiger partial charge on any atom is -0.488 e. The van der Waals surface area contributed by atoms with Gasteiger partial charge in [0.05, 0.1) is 32.1 Å². The first-order valence-corrected chi connectivity index (χ1v) is 10.7. The van der Waals surface area contributed by atoms with E-state index in [1.807, 2.05) is 29.3 Å². The maximum atomic E-state index is 6.15. The fraction of sp³-hybridized carbons (Fsp3) is 0.565. The van der Waals surface area contributed by atoms with Crippen molar-refractivity contribution in [3.8, 4) is 28.8 Å². The fourth-order valence-electron chi connectivity index (χ4n) is 3.54. The Kier molecular flexibility index (Phi) is 4.14. The quantitative estimate of drug-likeness (QED) is 0.731. The van der Waals surface area contributed by atoms with Gasteiger partial charge in [-0.2, -0.15) is 5.10 Å². The van der Waals surface area contributed by atoms with Gasteiger partial charge in [0.15, 0.2) is 6.29 Å². The Morgan fingerprint density at radius 2 is 1.97 bits per heavy atom. The molecule has 6 rings (SSSR count). The first kappa shape index (κ1) is 17.5. The summed E-state index contributed by atoms with van der Waals surface area (Å²) >= 11 is 0. The summed E-state index contributed by atoms with van der Waals surface area (Å²) in [5.41, 5.74) is 3.00. The molecule has 0 aromatic carbocycles. The summed E-state index contributed by atoms with van der Waals surface area (Å²) in [4.78, 5) is 4.67. The van der Waals surface area contributed by atoms with E-state index in [1.165, 1.54) is 25.7 Å². The van der Waals surface area contributed by atoms with E-state index in [9.17, 15) is 0 Å². The van der Waals surface area contributed by atoms with Gasteiger partial charge in [-0.15, -0.1) is 0 Å². The van der Waals surface area contributed by atoms with Gasteiger partial charge in [0, 0.05) is 34.9 Å². The lowest BCUT2D eigenvalue weighted by molar-refractivity contribution is -0.213. The van der Waals surface area contributed by atoms with E-state index < -0.39 is 0 Å². The van der Waals surface area contributed by atoms with Crippen LogP contribution in [0.2, 0.25) is 0 Å². The standard InChI is InChI=1S/C23H25N3O3/c1-2-16(1)3-4-17-9-20(29-19-5-6-19)22(24-10-17)18-11-25-26(12-18)13-21-27-14-23(7-8-23)15-28-21/h9-12,16,19,21H,1-2,5-8,13-15H2. The second kappa shape index (κ2) is 6.86. The topological polar surface area (TPSA) is 58.4 Å². The van der Waals surface area contributed by atoms with Crippen LogP contribution in [-0.2, 0) is 16.0 Å². The van der Waals surface area contributed by atoms with Crippen LogP contribution in [0.1, 0.15) is 44.1 Å². The lowest BCUT2D eigenvalue weighted by atomic mass is 10.1. The highest BCUT2D eigenvalue weighted by molar-refractivity contribution is 5.66. The normalized spacial score (nSPS) is 22.9. The maximum Gasteiger partial charge on any atom is 0.177 e. The van der Waals surface area contributed by atoms with E-state index in [4.69, 9.17) is 14.2 Å². The Morgan fingerprint density at radius 3 is 2.69 bits per heavy atom.